The summed E-state index contributed by atoms with van der Waals surface area (Å²) in [6, 6.07) is 16.4. The molecular formula is C26H32N4O2S. The Labute approximate surface area is 199 Å². The van der Waals surface area contributed by atoms with Gasteiger partial charge in [0.15, 0.2) is 5.03 Å². The van der Waals surface area contributed by atoms with Crippen molar-refractivity contribution < 1.29 is 4.79 Å². The van der Waals surface area contributed by atoms with Crippen LogP contribution in [0.2, 0.25) is 0 Å². The summed E-state index contributed by atoms with van der Waals surface area (Å²) >= 11 is 1.21. The number of carbonyl (C=O) groups is 1. The Balaban J connectivity index is 1.43. The molecule has 1 aromatic heterocycles. The first-order valence-corrected chi connectivity index (χ1v) is 12.7. The fourth-order valence-corrected chi connectivity index (χ4v) is 5.08. The standard InChI is InChI=1S/C26H32N4O2S/c1-19-10-12-21(13-11-19)17-30-23-9-4-3-8-22(23)28-25(26(30)32)33-18-24(31)27-14-16-29-15-6-5-7-20(29)2/h3-4,8-13,20H,5-7,14-18H2,1-2H3,(H,27,31)/t20-/m0/s1. The minimum absolute atomic E-state index is 0.0656. The predicted octanol–water partition coefficient (Wildman–Crippen LogP) is 3.84. The van der Waals surface area contributed by atoms with Crippen LogP contribution in [-0.4, -0.2) is 51.8 Å². The van der Waals surface area contributed by atoms with Crippen molar-refractivity contribution in [2.45, 2.75) is 50.7 Å². The molecule has 0 spiro atoms. The number of hydrogen-bond acceptors (Lipinski definition) is 5. The van der Waals surface area contributed by atoms with E-state index in [1.165, 1.54) is 36.6 Å². The molecule has 6 nitrogen and oxygen atoms in total. The quantitative estimate of drug-likeness (QED) is 0.513. The molecule has 1 atom stereocenters. The van der Waals surface area contributed by atoms with Crippen LogP contribution in [0.15, 0.2) is 58.4 Å². The van der Waals surface area contributed by atoms with Crippen LogP contribution in [-0.2, 0) is 11.3 Å². The average Bonchev–Trinajstić information content (AvgIpc) is 2.82. The van der Waals surface area contributed by atoms with E-state index in [1.54, 1.807) is 4.57 Å². The molecule has 33 heavy (non-hydrogen) atoms. The van der Waals surface area contributed by atoms with Crippen molar-refractivity contribution in [2.24, 2.45) is 0 Å². The maximum Gasteiger partial charge on any atom is 0.283 e. The maximum absolute atomic E-state index is 13.3. The van der Waals surface area contributed by atoms with E-state index in [2.05, 4.69) is 22.1 Å². The van der Waals surface area contributed by atoms with Crippen molar-refractivity contribution in [1.29, 1.82) is 0 Å². The molecule has 0 aliphatic carbocycles. The lowest BCUT2D eigenvalue weighted by atomic mass is 10.0. The van der Waals surface area contributed by atoms with Gasteiger partial charge in [0.05, 0.1) is 23.3 Å². The van der Waals surface area contributed by atoms with E-state index in [0.29, 0.717) is 24.2 Å². The molecule has 1 saturated heterocycles. The number of likely N-dealkylation sites (tertiary alicyclic amines) is 1. The largest absolute Gasteiger partial charge is 0.354 e. The third-order valence-electron chi connectivity index (χ3n) is 6.29. The molecule has 0 bridgehead atoms. The van der Waals surface area contributed by atoms with Gasteiger partial charge in [0.1, 0.15) is 0 Å². The summed E-state index contributed by atoms with van der Waals surface area (Å²) in [6.45, 7) is 7.37. The Bertz CT molecular complexity index is 1160. The SMILES string of the molecule is Cc1ccc(Cn2c(=O)c(SCC(=O)NCCN3CCCC[C@@H]3C)nc3ccccc32)cc1. The topological polar surface area (TPSA) is 67.2 Å². The number of nitrogens with zero attached hydrogens (tertiary/aromatic N) is 3. The monoisotopic (exact) mass is 464 g/mol. The van der Waals surface area contributed by atoms with Crippen LogP contribution >= 0.6 is 11.8 Å². The molecule has 7 heteroatoms. The second-order valence-corrected chi connectivity index (χ2v) is 9.77. The molecule has 1 amide bonds. The molecule has 1 aliphatic heterocycles. The lowest BCUT2D eigenvalue weighted by Gasteiger charge is -2.33. The Morgan fingerprint density at radius 1 is 1.15 bits per heavy atom. The molecule has 0 saturated carbocycles. The van der Waals surface area contributed by atoms with Crippen LogP contribution in [0.25, 0.3) is 11.0 Å². The number of para-hydroxylation sites is 2. The van der Waals surface area contributed by atoms with Gasteiger partial charge in [0.25, 0.3) is 5.56 Å². The summed E-state index contributed by atoms with van der Waals surface area (Å²) < 4.78 is 1.75. The van der Waals surface area contributed by atoms with Gasteiger partial charge in [-0.1, -0.05) is 60.1 Å². The van der Waals surface area contributed by atoms with E-state index < -0.39 is 0 Å². The minimum atomic E-state index is -0.158. The molecule has 2 aromatic carbocycles. The number of aryl methyl sites for hydroxylation is 1. The molecule has 174 valence electrons. The van der Waals surface area contributed by atoms with Crippen LogP contribution in [0.1, 0.15) is 37.3 Å². The highest BCUT2D eigenvalue weighted by Crippen LogP contribution is 2.18. The van der Waals surface area contributed by atoms with E-state index in [4.69, 9.17) is 0 Å². The van der Waals surface area contributed by atoms with Crippen molar-refractivity contribution in [3.05, 3.63) is 70.0 Å². The summed E-state index contributed by atoms with van der Waals surface area (Å²) in [5, 5.41) is 3.36. The Kier molecular flexibility index (Phi) is 7.83. The molecular weight excluding hydrogens is 432 g/mol. The Morgan fingerprint density at radius 3 is 2.73 bits per heavy atom. The first-order valence-electron chi connectivity index (χ1n) is 11.7. The molecule has 2 heterocycles. The summed E-state index contributed by atoms with van der Waals surface area (Å²) in [7, 11) is 0. The zero-order chi connectivity index (χ0) is 23.2. The minimum Gasteiger partial charge on any atom is -0.354 e. The molecule has 0 radical (unpaired) electrons. The van der Waals surface area contributed by atoms with Crippen LogP contribution in [0.4, 0.5) is 0 Å². The van der Waals surface area contributed by atoms with Gasteiger partial charge in [-0.3, -0.25) is 19.1 Å². The average molecular weight is 465 g/mol. The number of hydrogen-bond donors (Lipinski definition) is 1. The third kappa shape index (κ3) is 6.03. The number of fused-ring (bicyclic) bond motifs is 1. The van der Waals surface area contributed by atoms with Gasteiger partial charge in [0.2, 0.25) is 5.91 Å². The first-order chi connectivity index (χ1) is 16.0. The van der Waals surface area contributed by atoms with Crippen molar-refractivity contribution in [3.63, 3.8) is 0 Å². The fraction of sp³-hybridized carbons (Fsp3) is 0.423. The van der Waals surface area contributed by atoms with Crippen molar-refractivity contribution >= 4 is 28.7 Å². The molecule has 1 aliphatic rings. The van der Waals surface area contributed by atoms with Crippen LogP contribution in [0.3, 0.4) is 0 Å². The maximum atomic E-state index is 13.3. The smallest absolute Gasteiger partial charge is 0.283 e. The van der Waals surface area contributed by atoms with Crippen LogP contribution in [0.5, 0.6) is 0 Å². The second-order valence-electron chi connectivity index (χ2n) is 8.80. The van der Waals surface area contributed by atoms with Crippen LogP contribution < -0.4 is 10.9 Å². The summed E-state index contributed by atoms with van der Waals surface area (Å²) in [5.74, 6) is 0.116. The van der Waals surface area contributed by atoms with Gasteiger partial charge < -0.3 is 5.32 Å². The zero-order valence-electron chi connectivity index (χ0n) is 19.4. The van der Waals surface area contributed by atoms with Gasteiger partial charge in [-0.05, 0) is 50.9 Å². The Morgan fingerprint density at radius 2 is 1.94 bits per heavy atom. The third-order valence-corrected chi connectivity index (χ3v) is 7.23. The van der Waals surface area contributed by atoms with Gasteiger partial charge in [-0.2, -0.15) is 0 Å². The second kappa shape index (κ2) is 11.0. The van der Waals surface area contributed by atoms with E-state index in [1.807, 2.05) is 55.5 Å². The predicted molar refractivity (Wildman–Crippen MR) is 135 cm³/mol. The number of carbonyl (C=O) groups excluding carboxylic acids is 1. The van der Waals surface area contributed by atoms with Crippen molar-refractivity contribution in [2.75, 3.05) is 25.4 Å². The number of thioether (sulfide) groups is 1. The summed E-state index contributed by atoms with van der Waals surface area (Å²) in [5.41, 5.74) is 3.63. The zero-order valence-corrected chi connectivity index (χ0v) is 20.2. The van der Waals surface area contributed by atoms with E-state index in [-0.39, 0.29) is 17.2 Å². The number of nitrogens with one attached hydrogen (secondary N) is 1. The van der Waals surface area contributed by atoms with Gasteiger partial charge in [0, 0.05) is 19.1 Å². The number of aromatic nitrogens is 2. The number of amides is 1. The summed E-state index contributed by atoms with van der Waals surface area (Å²) in [6.07, 6.45) is 3.75. The van der Waals surface area contributed by atoms with Crippen molar-refractivity contribution in [1.82, 2.24) is 19.8 Å². The molecule has 1 fully saturated rings. The van der Waals surface area contributed by atoms with E-state index in [0.717, 1.165) is 29.7 Å². The molecule has 0 unspecified atom stereocenters. The van der Waals surface area contributed by atoms with Gasteiger partial charge >= 0.3 is 0 Å². The van der Waals surface area contributed by atoms with E-state index >= 15 is 0 Å². The number of benzene rings is 2. The molecule has 3 aromatic rings. The number of rotatable bonds is 8. The normalized spacial score (nSPS) is 16.7. The molecule has 1 N–H and O–H groups in total. The van der Waals surface area contributed by atoms with Gasteiger partial charge in [-0.25, -0.2) is 4.98 Å². The Hall–Kier alpha value is -2.64. The highest BCUT2D eigenvalue weighted by Gasteiger charge is 2.18. The van der Waals surface area contributed by atoms with Gasteiger partial charge in [-0.15, -0.1) is 0 Å². The summed E-state index contributed by atoms with van der Waals surface area (Å²) in [4.78, 5) is 32.7. The number of piperidine rings is 1. The highest BCUT2D eigenvalue weighted by atomic mass is 32.2. The lowest BCUT2D eigenvalue weighted by Crippen LogP contribution is -2.42. The fourth-order valence-electron chi connectivity index (χ4n) is 4.31. The van der Waals surface area contributed by atoms with E-state index in [9.17, 15) is 9.59 Å². The first kappa shape index (κ1) is 23.5. The molecule has 4 rings (SSSR count). The lowest BCUT2D eigenvalue weighted by molar-refractivity contribution is -0.118. The van der Waals surface area contributed by atoms with Crippen molar-refractivity contribution in [3.8, 4) is 0 Å². The van der Waals surface area contributed by atoms with Crippen LogP contribution in [0, 0.1) is 6.92 Å². The highest BCUT2D eigenvalue weighted by molar-refractivity contribution is 7.99.